The summed E-state index contributed by atoms with van der Waals surface area (Å²) < 4.78 is 0. The number of aromatic amines is 1. The summed E-state index contributed by atoms with van der Waals surface area (Å²) in [4.78, 5) is 7.82. The molecule has 1 aromatic heterocycles. The number of rotatable bonds is 3. The van der Waals surface area contributed by atoms with Crippen LogP contribution in [0.2, 0.25) is 5.02 Å². The van der Waals surface area contributed by atoms with Crippen molar-refractivity contribution in [2.45, 2.75) is 10.9 Å². The van der Waals surface area contributed by atoms with Crippen LogP contribution < -0.4 is 0 Å². The quantitative estimate of drug-likeness (QED) is 0.712. The smallest absolute Gasteiger partial charge is 0.166 e. The fourth-order valence-corrected chi connectivity index (χ4v) is 2.82. The number of hydrogen-bond acceptors (Lipinski definition) is 2. The molecule has 0 fully saturated rings. The van der Waals surface area contributed by atoms with Gasteiger partial charge in [0.1, 0.15) is 0 Å². The van der Waals surface area contributed by atoms with E-state index in [-0.39, 0.29) is 0 Å². The van der Waals surface area contributed by atoms with E-state index in [0.717, 1.165) is 27.0 Å². The van der Waals surface area contributed by atoms with E-state index in [1.54, 1.807) is 11.8 Å². The Balaban J connectivity index is 1.76. The Kier molecular flexibility index (Phi) is 3.26. The summed E-state index contributed by atoms with van der Waals surface area (Å²) in [6.45, 7) is 0. The van der Waals surface area contributed by atoms with Gasteiger partial charge in [0.2, 0.25) is 0 Å². The van der Waals surface area contributed by atoms with Crippen LogP contribution in [0.5, 0.6) is 0 Å². The van der Waals surface area contributed by atoms with Gasteiger partial charge in [0.05, 0.1) is 11.0 Å². The first-order valence-corrected chi connectivity index (χ1v) is 6.99. The fourth-order valence-electron chi connectivity index (χ4n) is 1.78. The summed E-state index contributed by atoms with van der Waals surface area (Å²) >= 11 is 7.64. The zero-order valence-corrected chi connectivity index (χ0v) is 11.1. The number of hydrogen-bond donors (Lipinski definition) is 1. The normalized spacial score (nSPS) is 10.9. The molecule has 0 amide bonds. The van der Waals surface area contributed by atoms with Gasteiger partial charge < -0.3 is 4.98 Å². The van der Waals surface area contributed by atoms with E-state index >= 15 is 0 Å². The molecule has 0 bridgehead atoms. The van der Waals surface area contributed by atoms with Gasteiger partial charge in [-0.2, -0.15) is 0 Å². The highest BCUT2D eigenvalue weighted by Gasteiger charge is 2.03. The van der Waals surface area contributed by atoms with Gasteiger partial charge in [0.25, 0.3) is 0 Å². The molecule has 0 aliphatic carbocycles. The zero-order chi connectivity index (χ0) is 12.4. The molecule has 0 aliphatic heterocycles. The molecule has 0 radical (unpaired) electrons. The topological polar surface area (TPSA) is 28.7 Å². The second-order valence-electron chi connectivity index (χ2n) is 3.98. The molecule has 0 spiro atoms. The van der Waals surface area contributed by atoms with Crippen LogP contribution in [0.1, 0.15) is 5.56 Å². The third-order valence-corrected chi connectivity index (χ3v) is 3.81. The Bertz CT molecular complexity index is 645. The van der Waals surface area contributed by atoms with Gasteiger partial charge in [0.15, 0.2) is 5.16 Å². The van der Waals surface area contributed by atoms with Crippen LogP contribution >= 0.6 is 23.4 Å². The molecular weight excluding hydrogens is 264 g/mol. The van der Waals surface area contributed by atoms with Crippen LogP contribution in [-0.4, -0.2) is 9.97 Å². The van der Waals surface area contributed by atoms with Crippen LogP contribution in [0.4, 0.5) is 0 Å². The molecular formula is C14H11ClN2S. The van der Waals surface area contributed by atoms with Crippen LogP contribution in [0.25, 0.3) is 11.0 Å². The molecule has 90 valence electrons. The third kappa shape index (κ3) is 2.52. The van der Waals surface area contributed by atoms with Crippen molar-refractivity contribution in [3.63, 3.8) is 0 Å². The van der Waals surface area contributed by atoms with Crippen molar-refractivity contribution in [3.8, 4) is 0 Å². The molecule has 0 saturated heterocycles. The van der Waals surface area contributed by atoms with Crippen molar-refractivity contribution in [3.05, 3.63) is 59.1 Å². The SMILES string of the molecule is Clc1cccc(CSc2nc3ccccc3[nH]2)c1. The number of thioether (sulfide) groups is 1. The second kappa shape index (κ2) is 5.04. The Hall–Kier alpha value is -1.45. The average Bonchev–Trinajstić information content (AvgIpc) is 2.79. The molecule has 1 N–H and O–H groups in total. The maximum Gasteiger partial charge on any atom is 0.166 e. The second-order valence-corrected chi connectivity index (χ2v) is 5.38. The minimum absolute atomic E-state index is 0.776. The Morgan fingerprint density at radius 1 is 1.11 bits per heavy atom. The monoisotopic (exact) mass is 274 g/mol. The molecule has 0 unspecified atom stereocenters. The lowest BCUT2D eigenvalue weighted by atomic mass is 10.2. The molecule has 0 saturated carbocycles. The van der Waals surface area contributed by atoms with Gasteiger partial charge in [-0.1, -0.05) is 47.6 Å². The van der Waals surface area contributed by atoms with E-state index in [4.69, 9.17) is 11.6 Å². The molecule has 2 aromatic carbocycles. The van der Waals surface area contributed by atoms with E-state index in [0.29, 0.717) is 0 Å². The minimum atomic E-state index is 0.776. The number of halogens is 1. The molecule has 2 nitrogen and oxygen atoms in total. The van der Waals surface area contributed by atoms with Crippen molar-refractivity contribution in [2.24, 2.45) is 0 Å². The summed E-state index contributed by atoms with van der Waals surface area (Å²) in [5.41, 5.74) is 3.28. The van der Waals surface area contributed by atoms with Crippen LogP contribution in [0, 0.1) is 0 Å². The van der Waals surface area contributed by atoms with Gasteiger partial charge in [-0.15, -0.1) is 0 Å². The summed E-state index contributed by atoms with van der Waals surface area (Å²) in [6, 6.07) is 16.0. The highest BCUT2D eigenvalue weighted by molar-refractivity contribution is 7.98. The predicted octanol–water partition coefficient (Wildman–Crippen LogP) is 4.51. The number of para-hydroxylation sites is 2. The molecule has 3 rings (SSSR count). The highest BCUT2D eigenvalue weighted by atomic mass is 35.5. The summed E-state index contributed by atoms with van der Waals surface area (Å²) in [5.74, 6) is 0.861. The van der Waals surface area contributed by atoms with E-state index in [2.05, 4.69) is 16.0 Å². The largest absolute Gasteiger partial charge is 0.333 e. The molecule has 18 heavy (non-hydrogen) atoms. The lowest BCUT2D eigenvalue weighted by Gasteiger charge is -1.99. The Morgan fingerprint density at radius 2 is 2.00 bits per heavy atom. The molecule has 0 aliphatic rings. The first-order chi connectivity index (χ1) is 8.81. The van der Waals surface area contributed by atoms with Crippen molar-refractivity contribution in [2.75, 3.05) is 0 Å². The van der Waals surface area contributed by atoms with Crippen molar-refractivity contribution in [1.29, 1.82) is 0 Å². The van der Waals surface area contributed by atoms with Crippen LogP contribution in [-0.2, 0) is 5.75 Å². The van der Waals surface area contributed by atoms with Gasteiger partial charge in [0, 0.05) is 10.8 Å². The van der Waals surface area contributed by atoms with Gasteiger partial charge in [-0.25, -0.2) is 4.98 Å². The van der Waals surface area contributed by atoms with Crippen LogP contribution in [0.3, 0.4) is 0 Å². The molecule has 0 atom stereocenters. The lowest BCUT2D eigenvalue weighted by Crippen LogP contribution is -1.81. The Labute approximate surface area is 114 Å². The van der Waals surface area contributed by atoms with E-state index in [9.17, 15) is 0 Å². The number of fused-ring (bicyclic) bond motifs is 1. The van der Waals surface area contributed by atoms with Crippen molar-refractivity contribution in [1.82, 2.24) is 9.97 Å². The van der Waals surface area contributed by atoms with Gasteiger partial charge in [-0.05, 0) is 29.8 Å². The third-order valence-electron chi connectivity index (χ3n) is 2.63. The zero-order valence-electron chi connectivity index (χ0n) is 9.56. The van der Waals surface area contributed by atoms with Gasteiger partial charge >= 0.3 is 0 Å². The first-order valence-electron chi connectivity index (χ1n) is 5.63. The van der Waals surface area contributed by atoms with E-state index < -0.39 is 0 Å². The van der Waals surface area contributed by atoms with Crippen molar-refractivity contribution < 1.29 is 0 Å². The first kappa shape index (κ1) is 11.6. The number of H-pyrrole nitrogens is 1. The van der Waals surface area contributed by atoms with Crippen LogP contribution in [0.15, 0.2) is 53.7 Å². The van der Waals surface area contributed by atoms with Gasteiger partial charge in [-0.3, -0.25) is 0 Å². The van der Waals surface area contributed by atoms with E-state index in [1.165, 1.54) is 5.56 Å². The fraction of sp³-hybridized carbons (Fsp3) is 0.0714. The Morgan fingerprint density at radius 3 is 2.83 bits per heavy atom. The maximum atomic E-state index is 5.96. The number of benzene rings is 2. The average molecular weight is 275 g/mol. The lowest BCUT2D eigenvalue weighted by molar-refractivity contribution is 1.08. The molecule has 4 heteroatoms. The molecule has 1 heterocycles. The summed E-state index contributed by atoms with van der Waals surface area (Å²) in [5, 5.41) is 1.72. The highest BCUT2D eigenvalue weighted by Crippen LogP contribution is 2.23. The number of nitrogens with one attached hydrogen (secondary N) is 1. The standard InChI is InChI=1S/C14H11ClN2S/c15-11-5-3-4-10(8-11)9-18-14-16-12-6-1-2-7-13(12)17-14/h1-8H,9H2,(H,16,17). The number of nitrogens with zero attached hydrogens (tertiary/aromatic N) is 1. The summed E-state index contributed by atoms with van der Waals surface area (Å²) in [6.07, 6.45) is 0. The maximum absolute atomic E-state index is 5.96. The number of imidazole rings is 1. The molecule has 3 aromatic rings. The summed E-state index contributed by atoms with van der Waals surface area (Å²) in [7, 11) is 0. The van der Waals surface area contributed by atoms with E-state index in [1.807, 2.05) is 42.5 Å². The minimum Gasteiger partial charge on any atom is -0.333 e. The predicted molar refractivity (Wildman–Crippen MR) is 77.1 cm³/mol. The van der Waals surface area contributed by atoms with Crippen molar-refractivity contribution >= 4 is 34.4 Å². The number of aromatic nitrogens is 2.